The van der Waals surface area contributed by atoms with Gasteiger partial charge in [0.1, 0.15) is 0 Å². The number of hydrogen-bond acceptors (Lipinski definition) is 3. The normalized spacial score (nSPS) is 16.0. The van der Waals surface area contributed by atoms with Gasteiger partial charge in [0.25, 0.3) is 0 Å². The van der Waals surface area contributed by atoms with Gasteiger partial charge in [-0.1, -0.05) is 42.5 Å². The second kappa shape index (κ2) is 6.39. The minimum absolute atomic E-state index is 0.0563. The van der Waals surface area contributed by atoms with Crippen LogP contribution in [0.4, 0.5) is 5.69 Å². The number of hydrogen-bond donors (Lipinski definition) is 1. The van der Waals surface area contributed by atoms with E-state index in [2.05, 4.69) is 5.32 Å². The van der Waals surface area contributed by atoms with Crippen LogP contribution in [0, 0.1) is 4.91 Å². The Morgan fingerprint density at radius 2 is 1.82 bits per heavy atom. The summed E-state index contributed by atoms with van der Waals surface area (Å²) < 4.78 is 6.44. The highest BCUT2D eigenvalue weighted by molar-refractivity contribution is 5.78. The molecule has 0 saturated carbocycles. The predicted molar refractivity (Wildman–Crippen MR) is 81.9 cm³/mol. The summed E-state index contributed by atoms with van der Waals surface area (Å²) in [7, 11) is 0. The molecular formula is C17H17N2O3+. The maximum absolute atomic E-state index is 12.0. The molecule has 1 unspecified atom stereocenters. The van der Waals surface area contributed by atoms with Crippen LogP contribution >= 0.6 is 0 Å². The number of nitrogens with one attached hydrogen (secondary N) is 1. The number of amides is 1. The first-order valence-electron chi connectivity index (χ1n) is 7.27. The molecule has 0 fully saturated rings. The Kier molecular flexibility index (Phi) is 4.14. The van der Waals surface area contributed by atoms with Crippen LogP contribution in [0.3, 0.4) is 0 Å². The van der Waals surface area contributed by atoms with Crippen LogP contribution in [-0.4, -0.2) is 23.4 Å². The van der Waals surface area contributed by atoms with Gasteiger partial charge in [0.15, 0.2) is 0 Å². The zero-order valence-electron chi connectivity index (χ0n) is 12.1. The maximum atomic E-state index is 12.0. The predicted octanol–water partition coefficient (Wildman–Crippen LogP) is 2.56. The molecule has 0 aliphatic carbocycles. The van der Waals surface area contributed by atoms with Crippen LogP contribution in [-0.2, 0) is 11.2 Å². The van der Waals surface area contributed by atoms with Gasteiger partial charge in [-0.3, -0.25) is 4.79 Å². The lowest BCUT2D eigenvalue weighted by Crippen LogP contribution is -2.31. The number of rotatable bonds is 5. The summed E-state index contributed by atoms with van der Waals surface area (Å²) in [6.45, 7) is 0.406. The van der Waals surface area contributed by atoms with Crippen LogP contribution in [0.5, 0.6) is 5.75 Å². The summed E-state index contributed by atoms with van der Waals surface area (Å²) in [5.74, 6) is 0.539. The third kappa shape index (κ3) is 3.14. The first-order valence-corrected chi connectivity index (χ1v) is 7.27. The highest BCUT2D eigenvalue weighted by Crippen LogP contribution is 2.35. The Morgan fingerprint density at radius 3 is 2.59 bits per heavy atom. The topological polar surface area (TPSA) is 58.4 Å². The molecule has 3 rings (SSSR count). The van der Waals surface area contributed by atoms with Gasteiger partial charge in [-0.15, -0.1) is 0 Å². The lowest BCUT2D eigenvalue weighted by atomic mass is 10.1. The van der Waals surface area contributed by atoms with E-state index in [0.29, 0.717) is 30.8 Å². The molecule has 1 atom stereocenters. The van der Waals surface area contributed by atoms with E-state index in [4.69, 9.17) is 4.74 Å². The maximum Gasteiger partial charge on any atom is 0.352 e. The molecule has 5 heteroatoms. The van der Waals surface area contributed by atoms with Gasteiger partial charge in [0, 0.05) is 17.5 Å². The van der Waals surface area contributed by atoms with Gasteiger partial charge in [0.2, 0.25) is 11.7 Å². The monoisotopic (exact) mass is 297 g/mol. The molecule has 22 heavy (non-hydrogen) atoms. The molecule has 0 radical (unpaired) electrons. The lowest BCUT2D eigenvalue weighted by molar-refractivity contribution is -0.529. The number of carbonyl (C=O) groups is 1. The Hall–Kier alpha value is -2.69. The zero-order chi connectivity index (χ0) is 15.4. The average Bonchev–Trinajstić information content (AvgIpc) is 2.85. The summed E-state index contributed by atoms with van der Waals surface area (Å²) in [6, 6.07) is 16.7. The highest BCUT2D eigenvalue weighted by Gasteiger charge is 2.39. The molecule has 2 aromatic rings. The molecule has 2 aromatic carbocycles. The third-order valence-electron chi connectivity index (χ3n) is 3.55. The molecule has 0 aromatic heterocycles. The van der Waals surface area contributed by atoms with Crippen molar-refractivity contribution in [2.75, 3.05) is 6.54 Å². The fraction of sp³-hybridized carbons (Fsp3) is 0.235. The van der Waals surface area contributed by atoms with Gasteiger partial charge < -0.3 is 10.1 Å². The summed E-state index contributed by atoms with van der Waals surface area (Å²) in [5.41, 5.74) is 1.51. The standard InChI is InChI=1S/C17H16N2O3/c20-16(12-13-6-2-1-3-7-13)18-11-10-17-19(21)14-8-4-5-9-15(14)22-17/h1-9,17H,10-12H2/p+1. The van der Waals surface area contributed by atoms with E-state index in [-0.39, 0.29) is 5.91 Å². The van der Waals surface area contributed by atoms with E-state index in [1.54, 1.807) is 18.2 Å². The highest BCUT2D eigenvalue weighted by atomic mass is 16.5. The van der Waals surface area contributed by atoms with Crippen molar-refractivity contribution in [2.24, 2.45) is 0 Å². The first-order chi connectivity index (χ1) is 10.7. The third-order valence-corrected chi connectivity index (χ3v) is 3.55. The van der Waals surface area contributed by atoms with Crippen molar-refractivity contribution in [3.05, 3.63) is 65.1 Å². The van der Waals surface area contributed by atoms with E-state index in [1.807, 2.05) is 36.4 Å². The fourth-order valence-corrected chi connectivity index (χ4v) is 2.44. The molecule has 0 bridgehead atoms. The SMILES string of the molecule is O=C(Cc1ccccc1)NCCC1Oc2ccccc2[N+]1=O. The van der Waals surface area contributed by atoms with Crippen molar-refractivity contribution in [2.45, 2.75) is 19.1 Å². The van der Waals surface area contributed by atoms with Gasteiger partial charge in [-0.25, -0.2) is 0 Å². The summed E-state index contributed by atoms with van der Waals surface area (Å²) >= 11 is 0. The summed E-state index contributed by atoms with van der Waals surface area (Å²) in [5, 5.41) is 2.82. The quantitative estimate of drug-likeness (QED) is 0.863. The van der Waals surface area contributed by atoms with E-state index in [1.165, 1.54) is 0 Å². The van der Waals surface area contributed by atoms with Crippen LogP contribution in [0.25, 0.3) is 0 Å². The van der Waals surface area contributed by atoms with Crippen molar-refractivity contribution in [1.82, 2.24) is 5.32 Å². The Balaban J connectivity index is 1.46. The lowest BCUT2D eigenvalue weighted by Gasteiger charge is -2.06. The van der Waals surface area contributed by atoms with Crippen molar-refractivity contribution in [3.63, 3.8) is 0 Å². The van der Waals surface area contributed by atoms with Gasteiger partial charge in [0.05, 0.1) is 17.6 Å². The molecular weight excluding hydrogens is 280 g/mol. The minimum atomic E-state index is -0.575. The number of para-hydroxylation sites is 2. The van der Waals surface area contributed by atoms with Gasteiger partial charge in [-0.05, 0) is 11.6 Å². The second-order valence-electron chi connectivity index (χ2n) is 5.17. The van der Waals surface area contributed by atoms with E-state index in [0.717, 1.165) is 10.3 Å². The smallest absolute Gasteiger partial charge is 0.352 e. The van der Waals surface area contributed by atoms with Gasteiger partial charge in [-0.2, -0.15) is 0 Å². The van der Waals surface area contributed by atoms with Crippen molar-refractivity contribution < 1.29 is 14.3 Å². The molecule has 1 N–H and O–H groups in total. The molecule has 0 saturated heterocycles. The van der Waals surface area contributed by atoms with Crippen molar-refractivity contribution >= 4 is 11.6 Å². The fourth-order valence-electron chi connectivity index (χ4n) is 2.44. The number of nitrogens with zero attached hydrogens (tertiary/aromatic N) is 1. The molecule has 5 nitrogen and oxygen atoms in total. The minimum Gasteiger partial charge on any atom is -0.423 e. The summed E-state index contributed by atoms with van der Waals surface area (Å²) in [4.78, 5) is 23.9. The number of carbonyl (C=O) groups excluding carboxylic acids is 1. The zero-order valence-corrected chi connectivity index (χ0v) is 12.1. The molecule has 1 heterocycles. The molecule has 112 valence electrons. The van der Waals surface area contributed by atoms with Gasteiger partial charge >= 0.3 is 11.9 Å². The van der Waals surface area contributed by atoms with Crippen LogP contribution in [0.1, 0.15) is 12.0 Å². The Bertz CT molecular complexity index is 685. The first kappa shape index (κ1) is 14.3. The van der Waals surface area contributed by atoms with Crippen LogP contribution in [0.2, 0.25) is 0 Å². The molecule has 1 aliphatic heterocycles. The van der Waals surface area contributed by atoms with Crippen LogP contribution < -0.4 is 10.1 Å². The molecule has 0 spiro atoms. The number of nitroso groups, excluding NO2 is 1. The Morgan fingerprint density at radius 1 is 1.09 bits per heavy atom. The van der Waals surface area contributed by atoms with E-state index in [9.17, 15) is 9.70 Å². The number of benzene rings is 2. The molecule has 1 amide bonds. The summed E-state index contributed by atoms with van der Waals surface area (Å²) in [6.07, 6.45) is 0.210. The Labute approximate surface area is 128 Å². The van der Waals surface area contributed by atoms with Crippen molar-refractivity contribution in [1.29, 1.82) is 0 Å². The number of fused-ring (bicyclic) bond motifs is 1. The van der Waals surface area contributed by atoms with Crippen LogP contribution in [0.15, 0.2) is 54.6 Å². The van der Waals surface area contributed by atoms with Crippen molar-refractivity contribution in [3.8, 4) is 5.75 Å². The second-order valence-corrected chi connectivity index (χ2v) is 5.17. The van der Waals surface area contributed by atoms with E-state index < -0.39 is 6.23 Å². The number of ether oxygens (including phenoxy) is 1. The molecule has 1 aliphatic rings. The van der Waals surface area contributed by atoms with E-state index >= 15 is 0 Å². The largest absolute Gasteiger partial charge is 0.423 e. The average molecular weight is 297 g/mol.